The van der Waals surface area contributed by atoms with Crippen LogP contribution in [0, 0.1) is 13.8 Å². The van der Waals surface area contributed by atoms with Crippen molar-refractivity contribution in [1.82, 2.24) is 14.7 Å². The maximum atomic E-state index is 13.1. The molecule has 146 valence electrons. The van der Waals surface area contributed by atoms with Gasteiger partial charge in [-0.05, 0) is 31.5 Å². The first-order valence-electron chi connectivity index (χ1n) is 9.69. The molecule has 2 saturated heterocycles. The summed E-state index contributed by atoms with van der Waals surface area (Å²) >= 11 is 1.52. The van der Waals surface area contributed by atoms with Crippen molar-refractivity contribution in [3.63, 3.8) is 0 Å². The second kappa shape index (κ2) is 6.69. The number of aromatic nitrogens is 2. The Bertz CT molecular complexity index is 1040. The Balaban J connectivity index is 1.43. The number of thiophene rings is 1. The Kier molecular flexibility index (Phi) is 4.26. The molecular formula is C21H23N3O3S. The standard InChI is InChI=1S/C21H23N3O3S/c1-14-5-3-4-6-17(14)24-20-16(15(2)22-24)13-18(28-20)19(25)23-9-7-21(8-10-23)26-11-12-27-21/h3-6,13H,7-12H2,1-2H3. The van der Waals surface area contributed by atoms with Crippen molar-refractivity contribution >= 4 is 27.5 Å². The van der Waals surface area contributed by atoms with Crippen LogP contribution in [0.25, 0.3) is 15.9 Å². The zero-order valence-electron chi connectivity index (χ0n) is 16.1. The Labute approximate surface area is 167 Å². The van der Waals surface area contributed by atoms with Crippen LogP contribution in [-0.4, -0.2) is 52.7 Å². The van der Waals surface area contributed by atoms with E-state index in [2.05, 4.69) is 19.1 Å². The van der Waals surface area contributed by atoms with Gasteiger partial charge in [0.15, 0.2) is 5.79 Å². The first-order chi connectivity index (χ1) is 13.6. The van der Waals surface area contributed by atoms with E-state index in [1.165, 1.54) is 11.3 Å². The highest BCUT2D eigenvalue weighted by molar-refractivity contribution is 7.20. The van der Waals surface area contributed by atoms with Crippen molar-refractivity contribution < 1.29 is 14.3 Å². The third-order valence-corrected chi connectivity index (χ3v) is 6.82. The molecule has 2 fully saturated rings. The second-order valence-electron chi connectivity index (χ2n) is 7.51. The summed E-state index contributed by atoms with van der Waals surface area (Å²) in [5.74, 6) is -0.372. The lowest BCUT2D eigenvalue weighted by atomic mass is 10.0. The lowest BCUT2D eigenvalue weighted by Crippen LogP contribution is -2.47. The van der Waals surface area contributed by atoms with Gasteiger partial charge in [0.05, 0.1) is 29.5 Å². The summed E-state index contributed by atoms with van der Waals surface area (Å²) in [5, 5.41) is 5.76. The van der Waals surface area contributed by atoms with Crippen molar-refractivity contribution in [1.29, 1.82) is 0 Å². The smallest absolute Gasteiger partial charge is 0.264 e. The van der Waals surface area contributed by atoms with Crippen molar-refractivity contribution in [2.45, 2.75) is 32.5 Å². The van der Waals surface area contributed by atoms with Gasteiger partial charge in [-0.1, -0.05) is 18.2 Å². The highest BCUT2D eigenvalue weighted by atomic mass is 32.1. The second-order valence-corrected chi connectivity index (χ2v) is 8.54. The summed E-state index contributed by atoms with van der Waals surface area (Å²) in [6.45, 7) is 6.70. The number of piperidine rings is 1. The fourth-order valence-corrected chi connectivity index (χ4v) is 5.25. The average Bonchev–Trinajstić information content (AvgIpc) is 3.40. The van der Waals surface area contributed by atoms with Crippen LogP contribution in [-0.2, 0) is 9.47 Å². The van der Waals surface area contributed by atoms with Crippen LogP contribution < -0.4 is 0 Å². The number of likely N-dealkylation sites (tertiary alicyclic amines) is 1. The zero-order valence-corrected chi connectivity index (χ0v) is 16.9. The van der Waals surface area contributed by atoms with Crippen molar-refractivity contribution in [2.24, 2.45) is 0 Å². The molecule has 2 aliphatic heterocycles. The van der Waals surface area contributed by atoms with E-state index < -0.39 is 5.79 Å². The van der Waals surface area contributed by atoms with Crippen molar-refractivity contribution in [3.8, 4) is 5.69 Å². The van der Waals surface area contributed by atoms with E-state index in [4.69, 9.17) is 14.6 Å². The number of aryl methyl sites for hydroxylation is 2. The molecule has 2 aliphatic rings. The molecule has 0 atom stereocenters. The van der Waals surface area contributed by atoms with Gasteiger partial charge in [0, 0.05) is 31.3 Å². The number of fused-ring (bicyclic) bond motifs is 1. The molecule has 1 spiro atoms. The number of hydrogen-bond acceptors (Lipinski definition) is 5. The predicted molar refractivity (Wildman–Crippen MR) is 108 cm³/mol. The van der Waals surface area contributed by atoms with Gasteiger partial charge >= 0.3 is 0 Å². The van der Waals surface area contributed by atoms with Gasteiger partial charge in [-0.15, -0.1) is 11.3 Å². The van der Waals surface area contributed by atoms with E-state index in [0.717, 1.165) is 44.9 Å². The van der Waals surface area contributed by atoms with E-state index >= 15 is 0 Å². The number of carbonyl (C=O) groups is 1. The minimum Gasteiger partial charge on any atom is -0.347 e. The molecule has 0 bridgehead atoms. The summed E-state index contributed by atoms with van der Waals surface area (Å²) in [6, 6.07) is 10.2. The molecule has 1 amide bonds. The third-order valence-electron chi connectivity index (χ3n) is 5.73. The molecule has 0 N–H and O–H groups in total. The molecule has 2 aromatic heterocycles. The number of para-hydroxylation sites is 1. The first-order valence-corrected chi connectivity index (χ1v) is 10.5. The molecule has 1 aromatic carbocycles. The number of amides is 1. The lowest BCUT2D eigenvalue weighted by Gasteiger charge is -2.37. The van der Waals surface area contributed by atoms with Crippen LogP contribution >= 0.6 is 11.3 Å². The molecule has 4 heterocycles. The molecule has 5 rings (SSSR count). The number of hydrogen-bond donors (Lipinski definition) is 0. The lowest BCUT2D eigenvalue weighted by molar-refractivity contribution is -0.181. The van der Waals surface area contributed by atoms with E-state index in [0.29, 0.717) is 26.3 Å². The SMILES string of the molecule is Cc1ccccc1-n1nc(C)c2cc(C(=O)N3CCC4(CC3)OCCO4)sc21. The summed E-state index contributed by atoms with van der Waals surface area (Å²) in [4.78, 5) is 16.8. The summed E-state index contributed by atoms with van der Waals surface area (Å²) in [7, 11) is 0. The number of benzene rings is 1. The van der Waals surface area contributed by atoms with Crippen LogP contribution in [0.5, 0.6) is 0 Å². The minimum atomic E-state index is -0.459. The molecule has 28 heavy (non-hydrogen) atoms. The van der Waals surface area contributed by atoms with E-state index in [1.54, 1.807) is 0 Å². The van der Waals surface area contributed by atoms with E-state index in [1.807, 2.05) is 34.7 Å². The molecule has 6 nitrogen and oxygen atoms in total. The minimum absolute atomic E-state index is 0.0878. The molecule has 7 heteroatoms. The number of rotatable bonds is 2. The monoisotopic (exact) mass is 397 g/mol. The molecule has 0 radical (unpaired) electrons. The molecule has 0 aliphatic carbocycles. The predicted octanol–water partition coefficient (Wildman–Crippen LogP) is 3.68. The maximum absolute atomic E-state index is 13.1. The largest absolute Gasteiger partial charge is 0.347 e. The van der Waals surface area contributed by atoms with E-state index in [9.17, 15) is 4.79 Å². The van der Waals surface area contributed by atoms with Crippen LogP contribution in [0.4, 0.5) is 0 Å². The fourth-order valence-electron chi connectivity index (χ4n) is 4.11. The van der Waals surface area contributed by atoms with Crippen LogP contribution in [0.15, 0.2) is 30.3 Å². The van der Waals surface area contributed by atoms with Gasteiger partial charge in [-0.2, -0.15) is 5.10 Å². The van der Waals surface area contributed by atoms with Crippen LogP contribution in [0.2, 0.25) is 0 Å². The van der Waals surface area contributed by atoms with Gasteiger partial charge in [0.2, 0.25) is 0 Å². The van der Waals surface area contributed by atoms with Gasteiger partial charge in [-0.25, -0.2) is 4.68 Å². The summed E-state index contributed by atoms with van der Waals surface area (Å²) in [5.41, 5.74) is 3.15. The number of carbonyl (C=O) groups excluding carboxylic acids is 1. The summed E-state index contributed by atoms with van der Waals surface area (Å²) < 4.78 is 13.5. The number of nitrogens with zero attached hydrogens (tertiary/aromatic N) is 3. The highest BCUT2D eigenvalue weighted by Crippen LogP contribution is 2.35. The van der Waals surface area contributed by atoms with E-state index in [-0.39, 0.29) is 5.91 Å². The van der Waals surface area contributed by atoms with Gasteiger partial charge in [0.1, 0.15) is 4.83 Å². The van der Waals surface area contributed by atoms with Crippen LogP contribution in [0.1, 0.15) is 33.8 Å². The quantitative estimate of drug-likeness (QED) is 0.662. The number of ether oxygens (including phenoxy) is 2. The van der Waals surface area contributed by atoms with Gasteiger partial charge in [-0.3, -0.25) is 4.79 Å². The summed E-state index contributed by atoms with van der Waals surface area (Å²) in [6.07, 6.45) is 1.47. The van der Waals surface area contributed by atoms with Gasteiger partial charge in [0.25, 0.3) is 5.91 Å². The zero-order chi connectivity index (χ0) is 19.3. The average molecular weight is 398 g/mol. The third kappa shape index (κ3) is 2.85. The Hall–Kier alpha value is -2.22. The van der Waals surface area contributed by atoms with Crippen LogP contribution in [0.3, 0.4) is 0 Å². The van der Waals surface area contributed by atoms with Gasteiger partial charge < -0.3 is 14.4 Å². The molecular weight excluding hydrogens is 374 g/mol. The maximum Gasteiger partial charge on any atom is 0.264 e. The van der Waals surface area contributed by atoms with Crippen molar-refractivity contribution in [2.75, 3.05) is 26.3 Å². The Morgan fingerprint density at radius 2 is 1.86 bits per heavy atom. The Morgan fingerprint density at radius 3 is 2.57 bits per heavy atom. The first kappa shape index (κ1) is 17.8. The molecule has 0 unspecified atom stereocenters. The highest BCUT2D eigenvalue weighted by Gasteiger charge is 2.41. The normalized spacial score (nSPS) is 19.0. The fraction of sp³-hybridized carbons (Fsp3) is 0.429. The molecule has 3 aromatic rings. The topological polar surface area (TPSA) is 56.6 Å². The Morgan fingerprint density at radius 1 is 1.14 bits per heavy atom. The van der Waals surface area contributed by atoms with Crippen molar-refractivity contribution in [3.05, 3.63) is 46.5 Å². The molecule has 0 saturated carbocycles.